The maximum Gasteiger partial charge on any atom is 0.338 e. The third-order valence-corrected chi connectivity index (χ3v) is 8.24. The van der Waals surface area contributed by atoms with E-state index in [1.54, 1.807) is 0 Å². The lowest BCUT2D eigenvalue weighted by Gasteiger charge is -2.32. The van der Waals surface area contributed by atoms with Crippen molar-refractivity contribution in [3.05, 3.63) is 101 Å². The number of carbonyl (C=O) groups is 2. The number of ether oxygens (including phenoxy) is 2. The SMILES string of the molecule is CC(=O)Nc1ccc2c(c1)OCc1cc(-c3ccccc3C#CCCCOC(=O)c3ccc(CN4CCN(C)CC4)cc3)nn1C2. The first-order chi connectivity index (χ1) is 22.4. The molecule has 1 fully saturated rings. The van der Waals surface area contributed by atoms with Gasteiger partial charge in [0.1, 0.15) is 12.4 Å². The summed E-state index contributed by atoms with van der Waals surface area (Å²) in [6, 6.07) is 23.5. The van der Waals surface area contributed by atoms with Crippen LogP contribution in [0.5, 0.6) is 5.75 Å². The number of hydrogen-bond donors (Lipinski definition) is 1. The molecule has 6 rings (SSSR count). The first kappa shape index (κ1) is 31.1. The summed E-state index contributed by atoms with van der Waals surface area (Å²) >= 11 is 0. The number of hydrogen-bond acceptors (Lipinski definition) is 7. The number of carbonyl (C=O) groups excluding carboxylic acids is 2. The van der Waals surface area contributed by atoms with Gasteiger partial charge in [0.25, 0.3) is 0 Å². The Morgan fingerprint density at radius 3 is 2.61 bits per heavy atom. The van der Waals surface area contributed by atoms with Crippen LogP contribution in [0.2, 0.25) is 0 Å². The van der Waals surface area contributed by atoms with E-state index in [0.717, 1.165) is 66.6 Å². The lowest BCUT2D eigenvalue weighted by atomic mass is 10.0. The molecule has 1 amide bonds. The number of unbranched alkanes of at least 4 members (excludes halogenated alkanes) is 1. The number of benzene rings is 3. The summed E-state index contributed by atoms with van der Waals surface area (Å²) in [5, 5.41) is 7.69. The van der Waals surface area contributed by atoms with Crippen LogP contribution in [-0.4, -0.2) is 71.3 Å². The monoisotopic (exact) mass is 617 g/mol. The summed E-state index contributed by atoms with van der Waals surface area (Å²) in [6.07, 6.45) is 1.26. The van der Waals surface area contributed by atoms with Gasteiger partial charge < -0.3 is 19.7 Å². The number of anilines is 1. The summed E-state index contributed by atoms with van der Waals surface area (Å²) in [4.78, 5) is 28.8. The second kappa shape index (κ2) is 14.5. The van der Waals surface area contributed by atoms with Crippen LogP contribution in [0.25, 0.3) is 11.3 Å². The van der Waals surface area contributed by atoms with E-state index in [1.165, 1.54) is 12.5 Å². The van der Waals surface area contributed by atoms with Gasteiger partial charge in [-0.25, -0.2) is 4.79 Å². The smallest absolute Gasteiger partial charge is 0.338 e. The molecule has 46 heavy (non-hydrogen) atoms. The molecule has 3 heterocycles. The average Bonchev–Trinajstić information content (AvgIpc) is 3.38. The molecule has 2 aliphatic heterocycles. The van der Waals surface area contributed by atoms with Gasteiger partial charge in [-0.2, -0.15) is 5.10 Å². The zero-order chi connectivity index (χ0) is 31.9. The molecule has 0 aliphatic carbocycles. The van der Waals surface area contributed by atoms with Crippen molar-refractivity contribution in [3.8, 4) is 28.8 Å². The Kier molecular flexibility index (Phi) is 9.77. The molecule has 1 N–H and O–H groups in total. The molecule has 3 aromatic carbocycles. The molecular formula is C37H39N5O4. The molecule has 1 aromatic heterocycles. The fourth-order valence-electron chi connectivity index (χ4n) is 5.65. The molecule has 9 heteroatoms. The number of nitrogens with zero attached hydrogens (tertiary/aromatic N) is 4. The molecular weight excluding hydrogens is 578 g/mol. The van der Waals surface area contributed by atoms with E-state index in [1.807, 2.05) is 77.5 Å². The van der Waals surface area contributed by atoms with Crippen molar-refractivity contribution in [2.45, 2.75) is 39.5 Å². The Bertz CT molecular complexity index is 1760. The van der Waals surface area contributed by atoms with Crippen molar-refractivity contribution in [1.29, 1.82) is 0 Å². The second-order valence-corrected chi connectivity index (χ2v) is 11.8. The highest BCUT2D eigenvalue weighted by molar-refractivity contribution is 5.89. The molecule has 9 nitrogen and oxygen atoms in total. The number of aromatic nitrogens is 2. The minimum Gasteiger partial charge on any atom is -0.487 e. The van der Waals surface area contributed by atoms with Gasteiger partial charge in [0, 0.05) is 74.5 Å². The Labute approximate surface area is 270 Å². The maximum atomic E-state index is 12.6. The standard InChI is InChI=1S/C37H39N5O4/c1-27(43)38-32-16-15-31-25-42-33(26-46-36(31)22-32)23-35(39-42)34-10-6-5-9-29(34)8-4-3-7-21-45-37(44)30-13-11-28(12-14-30)24-41-19-17-40(2)18-20-41/h5-6,9-16,22-23H,3,7,17-21,24-26H2,1-2H3,(H,38,43). The lowest BCUT2D eigenvalue weighted by Crippen LogP contribution is -2.43. The van der Waals surface area contributed by atoms with Gasteiger partial charge in [0.15, 0.2) is 0 Å². The van der Waals surface area contributed by atoms with Gasteiger partial charge in [-0.15, -0.1) is 0 Å². The Hall–Kier alpha value is -4.91. The zero-order valence-corrected chi connectivity index (χ0v) is 26.4. The predicted molar refractivity (Wildman–Crippen MR) is 177 cm³/mol. The van der Waals surface area contributed by atoms with E-state index in [4.69, 9.17) is 14.6 Å². The highest BCUT2D eigenvalue weighted by Crippen LogP contribution is 2.30. The maximum absolute atomic E-state index is 12.6. The van der Waals surface area contributed by atoms with Crippen LogP contribution < -0.4 is 10.1 Å². The van der Waals surface area contributed by atoms with E-state index in [0.29, 0.717) is 43.9 Å². The highest BCUT2D eigenvalue weighted by atomic mass is 16.5. The zero-order valence-electron chi connectivity index (χ0n) is 26.4. The van der Waals surface area contributed by atoms with Crippen molar-refractivity contribution < 1.29 is 19.1 Å². The largest absolute Gasteiger partial charge is 0.487 e. The van der Waals surface area contributed by atoms with Crippen molar-refractivity contribution in [3.63, 3.8) is 0 Å². The molecule has 0 atom stereocenters. The fraction of sp³-hybridized carbons (Fsp3) is 0.324. The second-order valence-electron chi connectivity index (χ2n) is 11.8. The molecule has 0 bridgehead atoms. The number of esters is 1. The third kappa shape index (κ3) is 7.83. The van der Waals surface area contributed by atoms with Crippen LogP contribution in [0, 0.1) is 11.8 Å². The van der Waals surface area contributed by atoms with Gasteiger partial charge >= 0.3 is 5.97 Å². The molecule has 0 saturated carbocycles. The Balaban J connectivity index is 1.01. The molecule has 0 spiro atoms. The van der Waals surface area contributed by atoms with Gasteiger partial charge in [0.05, 0.1) is 30.1 Å². The summed E-state index contributed by atoms with van der Waals surface area (Å²) < 4.78 is 13.6. The minimum atomic E-state index is -0.302. The van der Waals surface area contributed by atoms with Gasteiger partial charge in [-0.05, 0) is 49.4 Å². The molecule has 4 aromatic rings. The van der Waals surface area contributed by atoms with E-state index in [-0.39, 0.29) is 11.9 Å². The third-order valence-electron chi connectivity index (χ3n) is 8.24. The lowest BCUT2D eigenvalue weighted by molar-refractivity contribution is -0.114. The predicted octanol–water partition coefficient (Wildman–Crippen LogP) is 5.19. The van der Waals surface area contributed by atoms with E-state index in [9.17, 15) is 9.59 Å². The van der Waals surface area contributed by atoms with E-state index < -0.39 is 0 Å². The molecule has 0 radical (unpaired) electrons. The Morgan fingerprint density at radius 1 is 1.00 bits per heavy atom. The number of amides is 1. The number of piperazine rings is 1. The van der Waals surface area contributed by atoms with E-state index >= 15 is 0 Å². The first-order valence-corrected chi connectivity index (χ1v) is 15.8. The summed E-state index contributed by atoms with van der Waals surface area (Å²) in [5.41, 5.74) is 7.13. The van der Waals surface area contributed by atoms with Crippen molar-refractivity contribution >= 4 is 17.6 Å². The highest BCUT2D eigenvalue weighted by Gasteiger charge is 2.19. The topological polar surface area (TPSA) is 88.9 Å². The van der Waals surface area contributed by atoms with Crippen molar-refractivity contribution in [2.75, 3.05) is 45.2 Å². The summed E-state index contributed by atoms with van der Waals surface area (Å²) in [6.45, 7) is 7.95. The van der Waals surface area contributed by atoms with Crippen LogP contribution >= 0.6 is 0 Å². The molecule has 2 aliphatic rings. The summed E-state index contributed by atoms with van der Waals surface area (Å²) in [7, 11) is 2.16. The van der Waals surface area contributed by atoms with Crippen LogP contribution in [0.1, 0.15) is 52.5 Å². The quantitative estimate of drug-likeness (QED) is 0.166. The minimum absolute atomic E-state index is 0.120. The van der Waals surface area contributed by atoms with E-state index in [2.05, 4.69) is 34.0 Å². The normalized spacial score (nSPS) is 14.6. The van der Waals surface area contributed by atoms with Crippen LogP contribution in [0.4, 0.5) is 5.69 Å². The summed E-state index contributed by atoms with van der Waals surface area (Å²) in [5.74, 6) is 6.85. The van der Waals surface area contributed by atoms with Gasteiger partial charge in [0.2, 0.25) is 5.91 Å². The van der Waals surface area contributed by atoms with Crippen molar-refractivity contribution in [2.24, 2.45) is 0 Å². The number of fused-ring (bicyclic) bond motifs is 2. The van der Waals surface area contributed by atoms with Gasteiger partial charge in [-0.1, -0.05) is 48.2 Å². The number of nitrogens with one attached hydrogen (secondary N) is 1. The molecule has 1 saturated heterocycles. The molecule has 236 valence electrons. The van der Waals surface area contributed by atoms with Crippen LogP contribution in [0.3, 0.4) is 0 Å². The van der Waals surface area contributed by atoms with Crippen molar-refractivity contribution in [1.82, 2.24) is 19.6 Å². The number of rotatable bonds is 8. The average molecular weight is 618 g/mol. The fourth-order valence-corrected chi connectivity index (χ4v) is 5.65. The Morgan fingerprint density at radius 2 is 1.80 bits per heavy atom. The molecule has 0 unspecified atom stereocenters. The number of likely N-dealkylation sites (N-methyl/N-ethyl adjacent to an activating group) is 1. The first-order valence-electron chi connectivity index (χ1n) is 15.8. The van der Waals surface area contributed by atoms with Crippen LogP contribution in [0.15, 0.2) is 72.8 Å². The van der Waals surface area contributed by atoms with Crippen LogP contribution in [-0.2, 0) is 29.2 Å². The van der Waals surface area contributed by atoms with Gasteiger partial charge in [-0.3, -0.25) is 14.4 Å².